The van der Waals surface area contributed by atoms with Crippen LogP contribution in [0.2, 0.25) is 0 Å². The largest absolute Gasteiger partial charge is 0.283 e. The van der Waals surface area contributed by atoms with Gasteiger partial charge in [-0.25, -0.2) is 0 Å². The van der Waals surface area contributed by atoms with Crippen molar-refractivity contribution in [3.05, 3.63) is 57.6 Å². The lowest BCUT2D eigenvalue weighted by Crippen LogP contribution is -2.17. The monoisotopic (exact) mass is 303 g/mol. The number of nitrogens with zero attached hydrogens (tertiary/aromatic N) is 3. The van der Waals surface area contributed by atoms with Crippen LogP contribution in [0.5, 0.6) is 0 Å². The van der Waals surface area contributed by atoms with Gasteiger partial charge in [-0.2, -0.15) is 5.10 Å². The van der Waals surface area contributed by atoms with E-state index in [1.807, 2.05) is 36.0 Å². The lowest BCUT2D eigenvalue weighted by molar-refractivity contribution is 0.797. The van der Waals surface area contributed by atoms with Crippen molar-refractivity contribution in [2.45, 2.75) is 0 Å². The maximum atomic E-state index is 12.0. The number of hydrogen-bond acceptors (Lipinski definition) is 2. The quantitative estimate of drug-likeness (QED) is 0.693. The Kier molecular flexibility index (Phi) is 2.56. The highest BCUT2D eigenvalue weighted by Gasteiger charge is 2.05. The first-order chi connectivity index (χ1) is 8.66. The van der Waals surface area contributed by atoms with E-state index in [-0.39, 0.29) is 5.56 Å². The summed E-state index contributed by atoms with van der Waals surface area (Å²) in [7, 11) is 1.90. The molecule has 0 N–H and O–H groups in total. The zero-order valence-corrected chi connectivity index (χ0v) is 11.3. The van der Waals surface area contributed by atoms with Crippen LogP contribution in [0.4, 0.5) is 0 Å². The van der Waals surface area contributed by atoms with E-state index in [1.54, 1.807) is 23.0 Å². The molecule has 0 aliphatic heterocycles. The smallest absolute Gasteiger partial charge is 0.269 e. The van der Waals surface area contributed by atoms with Crippen molar-refractivity contribution in [3.8, 4) is 5.69 Å². The van der Waals surface area contributed by atoms with Gasteiger partial charge in [-0.15, -0.1) is 0 Å². The van der Waals surface area contributed by atoms with Gasteiger partial charge in [-0.1, -0.05) is 0 Å². The summed E-state index contributed by atoms with van der Waals surface area (Å²) in [4.78, 5) is 12.0. The van der Waals surface area contributed by atoms with E-state index in [2.05, 4.69) is 21.0 Å². The minimum atomic E-state index is -0.0688. The molecule has 0 bridgehead atoms. The summed E-state index contributed by atoms with van der Waals surface area (Å²) in [5.41, 5.74) is 1.81. The van der Waals surface area contributed by atoms with Crippen LogP contribution in [0.1, 0.15) is 0 Å². The fourth-order valence-electron chi connectivity index (χ4n) is 1.97. The Morgan fingerprint density at radius 2 is 2.11 bits per heavy atom. The van der Waals surface area contributed by atoms with E-state index in [9.17, 15) is 4.79 Å². The minimum absolute atomic E-state index is 0.0688. The van der Waals surface area contributed by atoms with Crippen molar-refractivity contribution >= 4 is 26.8 Å². The molecule has 0 saturated heterocycles. The molecule has 0 saturated carbocycles. The standard InChI is InChI=1S/C13H10BrN3O/c1-16-12-5-4-10(7-9(12)8-15-16)17-6-2-3-11(14)13(17)18/h2-8H,1H3. The minimum Gasteiger partial charge on any atom is -0.283 e. The Morgan fingerprint density at radius 3 is 2.94 bits per heavy atom. The third-order valence-corrected chi connectivity index (χ3v) is 3.51. The maximum Gasteiger partial charge on any atom is 0.269 e. The van der Waals surface area contributed by atoms with Crippen LogP contribution in [-0.2, 0) is 7.05 Å². The molecular weight excluding hydrogens is 294 g/mol. The Balaban J connectivity index is 2.26. The van der Waals surface area contributed by atoms with Crippen LogP contribution in [0.3, 0.4) is 0 Å². The van der Waals surface area contributed by atoms with Crippen molar-refractivity contribution in [1.82, 2.24) is 14.3 Å². The molecule has 1 aromatic carbocycles. The molecule has 5 heteroatoms. The van der Waals surface area contributed by atoms with Crippen LogP contribution >= 0.6 is 15.9 Å². The molecule has 2 aromatic heterocycles. The molecule has 2 heterocycles. The molecule has 0 fully saturated rings. The highest BCUT2D eigenvalue weighted by molar-refractivity contribution is 9.10. The molecule has 0 unspecified atom stereocenters. The summed E-state index contributed by atoms with van der Waals surface area (Å²) >= 11 is 3.25. The number of aromatic nitrogens is 3. The number of pyridine rings is 1. The third-order valence-electron chi connectivity index (χ3n) is 2.91. The molecule has 0 radical (unpaired) electrons. The maximum absolute atomic E-state index is 12.0. The van der Waals surface area contributed by atoms with Crippen LogP contribution in [0.25, 0.3) is 16.6 Å². The van der Waals surface area contributed by atoms with E-state index >= 15 is 0 Å². The number of fused-ring (bicyclic) bond motifs is 1. The van der Waals surface area contributed by atoms with Gasteiger partial charge in [0.25, 0.3) is 5.56 Å². The highest BCUT2D eigenvalue weighted by atomic mass is 79.9. The zero-order valence-electron chi connectivity index (χ0n) is 9.67. The first-order valence-electron chi connectivity index (χ1n) is 5.46. The van der Waals surface area contributed by atoms with Crippen molar-refractivity contribution < 1.29 is 0 Å². The summed E-state index contributed by atoms with van der Waals surface area (Å²) in [5, 5.41) is 5.21. The molecule has 0 aliphatic rings. The van der Waals surface area contributed by atoms with Crippen LogP contribution in [0, 0.1) is 0 Å². The molecule has 3 rings (SSSR count). The number of benzene rings is 1. The van der Waals surface area contributed by atoms with Gasteiger partial charge in [0, 0.05) is 24.3 Å². The number of hydrogen-bond donors (Lipinski definition) is 0. The van der Waals surface area contributed by atoms with Gasteiger partial charge in [0.05, 0.1) is 16.2 Å². The van der Waals surface area contributed by atoms with Gasteiger partial charge >= 0.3 is 0 Å². The second-order valence-electron chi connectivity index (χ2n) is 4.04. The van der Waals surface area contributed by atoms with Gasteiger partial charge in [0.1, 0.15) is 0 Å². The normalized spacial score (nSPS) is 11.0. The van der Waals surface area contributed by atoms with Gasteiger partial charge in [-0.05, 0) is 46.3 Å². The van der Waals surface area contributed by atoms with Gasteiger partial charge in [0.2, 0.25) is 0 Å². The average molecular weight is 304 g/mol. The van der Waals surface area contributed by atoms with Crippen LogP contribution < -0.4 is 5.56 Å². The first kappa shape index (κ1) is 11.2. The molecule has 3 aromatic rings. The van der Waals surface area contributed by atoms with Gasteiger partial charge in [0.15, 0.2) is 0 Å². The van der Waals surface area contributed by atoms with Crippen LogP contribution in [0.15, 0.2) is 52.0 Å². The van der Waals surface area contributed by atoms with Gasteiger partial charge < -0.3 is 0 Å². The van der Waals surface area contributed by atoms with Crippen LogP contribution in [-0.4, -0.2) is 14.3 Å². The Morgan fingerprint density at radius 1 is 1.28 bits per heavy atom. The summed E-state index contributed by atoms with van der Waals surface area (Å²) < 4.78 is 3.97. The number of aryl methyl sites for hydroxylation is 1. The third kappa shape index (κ3) is 1.67. The molecule has 0 aliphatic carbocycles. The predicted molar refractivity (Wildman–Crippen MR) is 74.0 cm³/mol. The average Bonchev–Trinajstić information content (AvgIpc) is 2.74. The number of halogens is 1. The van der Waals surface area contributed by atoms with E-state index < -0.39 is 0 Å². The van der Waals surface area contributed by atoms with Crippen molar-refractivity contribution in [2.24, 2.45) is 7.05 Å². The summed E-state index contributed by atoms with van der Waals surface area (Å²) in [5.74, 6) is 0. The van der Waals surface area contributed by atoms with Crippen molar-refractivity contribution in [3.63, 3.8) is 0 Å². The Bertz CT molecular complexity index is 788. The van der Waals surface area contributed by atoms with Crippen molar-refractivity contribution in [1.29, 1.82) is 0 Å². The fourth-order valence-corrected chi connectivity index (χ4v) is 2.32. The summed E-state index contributed by atoms with van der Waals surface area (Å²) in [6.45, 7) is 0. The van der Waals surface area contributed by atoms with E-state index in [4.69, 9.17) is 0 Å². The number of rotatable bonds is 1. The molecule has 0 amide bonds. The summed E-state index contributed by atoms with van der Waals surface area (Å²) in [6.07, 6.45) is 3.55. The Hall–Kier alpha value is -1.88. The topological polar surface area (TPSA) is 39.8 Å². The lowest BCUT2D eigenvalue weighted by atomic mass is 10.2. The molecular formula is C13H10BrN3O. The van der Waals surface area contributed by atoms with E-state index in [1.165, 1.54) is 0 Å². The fraction of sp³-hybridized carbons (Fsp3) is 0.0769. The van der Waals surface area contributed by atoms with E-state index in [0.717, 1.165) is 16.6 Å². The van der Waals surface area contributed by atoms with Crippen molar-refractivity contribution in [2.75, 3.05) is 0 Å². The van der Waals surface area contributed by atoms with Gasteiger partial charge in [-0.3, -0.25) is 14.0 Å². The Labute approximate surface area is 112 Å². The van der Waals surface area contributed by atoms with E-state index in [0.29, 0.717) is 4.47 Å². The second kappa shape index (κ2) is 4.10. The first-order valence-corrected chi connectivity index (χ1v) is 6.25. The highest BCUT2D eigenvalue weighted by Crippen LogP contribution is 2.17. The molecule has 0 atom stereocenters. The molecule has 0 spiro atoms. The second-order valence-corrected chi connectivity index (χ2v) is 4.90. The molecule has 90 valence electrons. The molecule has 4 nitrogen and oxygen atoms in total. The lowest BCUT2D eigenvalue weighted by Gasteiger charge is -2.06. The zero-order chi connectivity index (χ0) is 12.7. The predicted octanol–water partition coefficient (Wildman–Crippen LogP) is 2.49. The summed E-state index contributed by atoms with van der Waals surface area (Å²) in [6, 6.07) is 9.40. The SMILES string of the molecule is Cn1ncc2cc(-n3cccc(Br)c3=O)ccc21. The molecule has 18 heavy (non-hydrogen) atoms.